The molecular weight excluding hydrogens is 469 g/mol. The Labute approximate surface area is 207 Å². The van der Waals surface area contributed by atoms with Gasteiger partial charge in [0, 0.05) is 60.3 Å². The van der Waals surface area contributed by atoms with Gasteiger partial charge in [0.2, 0.25) is 0 Å². The zero-order valence-corrected chi connectivity index (χ0v) is 20.4. The van der Waals surface area contributed by atoms with E-state index in [1.54, 1.807) is 20.2 Å². The monoisotopic (exact) mass is 493 g/mol. The number of aromatic nitrogens is 3. The zero-order chi connectivity index (χ0) is 25.1. The SMILES string of the molecule is Cc1cc(C#N)nn1[C@H]1CC[C@]2(CNc3ncc(-c4ccc(N)c(C(=O)N(C)C)c4F)c(Cl)c32)C1. The Bertz CT molecular complexity index is 1410. The summed E-state index contributed by atoms with van der Waals surface area (Å²) in [5.41, 5.74) is 8.35. The van der Waals surface area contributed by atoms with Crippen molar-refractivity contribution in [2.24, 2.45) is 0 Å². The predicted molar refractivity (Wildman–Crippen MR) is 132 cm³/mol. The van der Waals surface area contributed by atoms with Crippen LogP contribution in [0.2, 0.25) is 5.02 Å². The van der Waals surface area contributed by atoms with Gasteiger partial charge in [-0.2, -0.15) is 10.4 Å². The van der Waals surface area contributed by atoms with Gasteiger partial charge in [-0.25, -0.2) is 9.37 Å². The van der Waals surface area contributed by atoms with E-state index in [1.807, 2.05) is 11.6 Å². The van der Waals surface area contributed by atoms with Gasteiger partial charge >= 0.3 is 0 Å². The molecule has 3 aromatic rings. The average molecular weight is 494 g/mol. The Hall–Kier alpha value is -3.64. The van der Waals surface area contributed by atoms with Gasteiger partial charge in [0.15, 0.2) is 5.69 Å². The van der Waals surface area contributed by atoms with Crippen LogP contribution < -0.4 is 11.1 Å². The fourth-order valence-corrected chi connectivity index (χ4v) is 5.92. The molecule has 10 heteroatoms. The molecule has 1 fully saturated rings. The van der Waals surface area contributed by atoms with Crippen molar-refractivity contribution < 1.29 is 9.18 Å². The minimum absolute atomic E-state index is 0.0679. The zero-order valence-electron chi connectivity index (χ0n) is 19.7. The maximum atomic E-state index is 15.6. The molecule has 0 bridgehead atoms. The molecule has 1 saturated carbocycles. The Morgan fingerprint density at radius 3 is 2.86 bits per heavy atom. The number of amides is 1. The summed E-state index contributed by atoms with van der Waals surface area (Å²) >= 11 is 6.98. The van der Waals surface area contributed by atoms with Crippen molar-refractivity contribution in [1.29, 1.82) is 5.26 Å². The van der Waals surface area contributed by atoms with Gasteiger partial charge in [-0.3, -0.25) is 9.48 Å². The smallest absolute Gasteiger partial charge is 0.258 e. The number of carbonyl (C=O) groups excluding carboxylic acids is 1. The highest BCUT2D eigenvalue weighted by atomic mass is 35.5. The molecule has 1 aliphatic heterocycles. The predicted octanol–water partition coefficient (Wildman–Crippen LogP) is 4.29. The molecule has 1 aliphatic carbocycles. The van der Waals surface area contributed by atoms with E-state index in [9.17, 15) is 10.1 Å². The summed E-state index contributed by atoms with van der Waals surface area (Å²) in [6.45, 7) is 2.61. The summed E-state index contributed by atoms with van der Waals surface area (Å²) in [5.74, 6) is -0.544. The summed E-state index contributed by atoms with van der Waals surface area (Å²) in [4.78, 5) is 18.4. The van der Waals surface area contributed by atoms with Crippen molar-refractivity contribution in [3.63, 3.8) is 0 Å². The first kappa shape index (κ1) is 23.1. The van der Waals surface area contributed by atoms with Gasteiger partial charge in [-0.05, 0) is 44.4 Å². The lowest BCUT2D eigenvalue weighted by molar-refractivity contribution is 0.0824. The summed E-state index contributed by atoms with van der Waals surface area (Å²) in [5, 5.41) is 17.5. The number of rotatable bonds is 3. The minimum Gasteiger partial charge on any atom is -0.398 e. The second kappa shape index (κ2) is 8.24. The third-order valence-corrected chi connectivity index (χ3v) is 7.58. The number of benzene rings is 1. The van der Waals surface area contributed by atoms with Crippen LogP contribution in [0.3, 0.4) is 0 Å². The molecule has 8 nitrogen and oxygen atoms in total. The number of nitrogens with two attached hydrogens (primary N) is 1. The maximum Gasteiger partial charge on any atom is 0.258 e. The number of halogens is 2. The quantitative estimate of drug-likeness (QED) is 0.526. The maximum absolute atomic E-state index is 15.6. The summed E-state index contributed by atoms with van der Waals surface area (Å²) in [6.07, 6.45) is 4.01. The number of hydrogen-bond donors (Lipinski definition) is 2. The molecule has 35 heavy (non-hydrogen) atoms. The Morgan fingerprint density at radius 1 is 1.40 bits per heavy atom. The van der Waals surface area contributed by atoms with Crippen LogP contribution in [0.4, 0.5) is 15.9 Å². The number of hydrogen-bond acceptors (Lipinski definition) is 6. The van der Waals surface area contributed by atoms with Crippen LogP contribution in [-0.4, -0.2) is 46.2 Å². The van der Waals surface area contributed by atoms with Crippen molar-refractivity contribution >= 4 is 29.0 Å². The largest absolute Gasteiger partial charge is 0.398 e. The van der Waals surface area contributed by atoms with Crippen molar-refractivity contribution in [2.75, 3.05) is 31.7 Å². The second-order valence-electron chi connectivity index (χ2n) is 9.56. The molecule has 3 heterocycles. The number of fused-ring (bicyclic) bond motifs is 2. The van der Waals surface area contributed by atoms with E-state index in [-0.39, 0.29) is 28.3 Å². The molecule has 0 saturated heterocycles. The molecule has 0 unspecified atom stereocenters. The van der Waals surface area contributed by atoms with Gasteiger partial charge in [0.1, 0.15) is 17.7 Å². The number of nitriles is 1. The topological polar surface area (TPSA) is 113 Å². The lowest BCUT2D eigenvalue weighted by atomic mass is 9.80. The molecule has 0 radical (unpaired) electrons. The minimum atomic E-state index is -0.715. The van der Waals surface area contributed by atoms with E-state index in [0.717, 1.165) is 30.5 Å². The summed E-state index contributed by atoms with van der Waals surface area (Å²) < 4.78 is 17.6. The third kappa shape index (κ3) is 3.51. The second-order valence-corrected chi connectivity index (χ2v) is 9.94. The number of pyridine rings is 1. The van der Waals surface area contributed by atoms with E-state index in [2.05, 4.69) is 21.5 Å². The van der Waals surface area contributed by atoms with Gasteiger partial charge in [0.05, 0.1) is 16.6 Å². The molecule has 3 N–H and O–H groups in total. The van der Waals surface area contributed by atoms with Gasteiger partial charge in [-0.15, -0.1) is 0 Å². The van der Waals surface area contributed by atoms with E-state index in [4.69, 9.17) is 17.3 Å². The van der Waals surface area contributed by atoms with Crippen molar-refractivity contribution in [3.8, 4) is 17.2 Å². The summed E-state index contributed by atoms with van der Waals surface area (Å²) in [7, 11) is 3.09. The highest BCUT2D eigenvalue weighted by Crippen LogP contribution is 2.54. The molecule has 1 aromatic carbocycles. The third-order valence-electron chi connectivity index (χ3n) is 7.19. The fourth-order valence-electron chi connectivity index (χ4n) is 5.48. The lowest BCUT2D eigenvalue weighted by Crippen LogP contribution is -2.26. The number of carbonyl (C=O) groups is 1. The number of nitrogens with one attached hydrogen (secondary N) is 1. The number of nitrogen functional groups attached to an aromatic ring is 1. The van der Waals surface area contributed by atoms with E-state index >= 15 is 4.39 Å². The average Bonchev–Trinajstić information content (AvgIpc) is 3.52. The Balaban J connectivity index is 1.57. The number of aryl methyl sites for hydroxylation is 1. The van der Waals surface area contributed by atoms with Gasteiger partial charge in [0.25, 0.3) is 5.91 Å². The first-order chi connectivity index (χ1) is 16.7. The van der Waals surface area contributed by atoms with Gasteiger partial charge < -0.3 is 16.0 Å². The molecule has 1 amide bonds. The van der Waals surface area contributed by atoms with Crippen LogP contribution >= 0.6 is 11.6 Å². The summed E-state index contributed by atoms with van der Waals surface area (Å²) in [6, 6.07) is 7.06. The van der Waals surface area contributed by atoms with Crippen molar-refractivity contribution in [1.82, 2.24) is 19.7 Å². The number of nitrogens with zero attached hydrogens (tertiary/aromatic N) is 5. The lowest BCUT2D eigenvalue weighted by Gasteiger charge is -2.25. The molecule has 5 rings (SSSR count). The molecule has 1 spiro atoms. The van der Waals surface area contributed by atoms with Crippen LogP contribution in [0.5, 0.6) is 0 Å². The normalized spacial score (nSPS) is 20.5. The highest BCUT2D eigenvalue weighted by molar-refractivity contribution is 6.34. The van der Waals surface area contributed by atoms with E-state index in [1.165, 1.54) is 23.2 Å². The molecule has 180 valence electrons. The van der Waals surface area contributed by atoms with Crippen molar-refractivity contribution in [2.45, 2.75) is 37.6 Å². The Kier molecular flexibility index (Phi) is 5.44. The molecule has 2 aromatic heterocycles. The standard InChI is InChI=1S/C25H25ClFN7O/c1-13-8-14(10-28)32-34(13)15-6-7-25(9-15)12-31-23-20(25)21(26)17(11-30-23)16-4-5-18(29)19(22(16)27)24(35)33(2)3/h4-5,8,11,15H,6-7,9,12,29H2,1-3H3,(H,30,31)/t15-,25+/m0/s1. The highest BCUT2D eigenvalue weighted by Gasteiger charge is 2.48. The van der Waals surface area contributed by atoms with E-state index < -0.39 is 11.7 Å². The molecule has 2 atom stereocenters. The van der Waals surface area contributed by atoms with Crippen LogP contribution in [0.25, 0.3) is 11.1 Å². The fraction of sp³-hybridized carbons (Fsp3) is 0.360. The van der Waals surface area contributed by atoms with Crippen LogP contribution in [0, 0.1) is 24.1 Å². The van der Waals surface area contributed by atoms with Crippen LogP contribution in [0.15, 0.2) is 24.4 Å². The molecular formula is C25H25ClFN7O. The first-order valence-electron chi connectivity index (χ1n) is 11.4. The number of anilines is 2. The van der Waals surface area contributed by atoms with Gasteiger partial charge in [-0.1, -0.05) is 11.6 Å². The van der Waals surface area contributed by atoms with Crippen LogP contribution in [-0.2, 0) is 5.41 Å². The van der Waals surface area contributed by atoms with Crippen molar-refractivity contribution in [3.05, 3.63) is 57.8 Å². The Morgan fingerprint density at radius 2 is 2.17 bits per heavy atom. The van der Waals surface area contributed by atoms with Crippen LogP contribution in [0.1, 0.15) is 52.6 Å². The molecule has 2 aliphatic rings. The first-order valence-corrected chi connectivity index (χ1v) is 11.7. The van der Waals surface area contributed by atoms with E-state index in [0.29, 0.717) is 28.6 Å².